The summed E-state index contributed by atoms with van der Waals surface area (Å²) in [7, 11) is 0. The Morgan fingerprint density at radius 3 is 2.72 bits per heavy atom. The summed E-state index contributed by atoms with van der Waals surface area (Å²) in [4.78, 5) is 25.0. The maximum Gasteiger partial charge on any atom is 0.330 e. The van der Waals surface area contributed by atoms with Crippen LogP contribution in [0.1, 0.15) is 11.9 Å². The van der Waals surface area contributed by atoms with Crippen LogP contribution in [0, 0.1) is 0 Å². The zero-order valence-electron chi connectivity index (χ0n) is 9.18. The van der Waals surface area contributed by atoms with Gasteiger partial charge in [-0.15, -0.1) is 0 Å². The predicted molar refractivity (Wildman–Crippen MR) is 57.0 cm³/mol. The van der Waals surface area contributed by atoms with Crippen molar-refractivity contribution in [1.82, 2.24) is 9.55 Å². The van der Waals surface area contributed by atoms with E-state index in [0.717, 1.165) is 4.57 Å². The van der Waals surface area contributed by atoms with Crippen LogP contribution in [0.5, 0.6) is 0 Å². The molecule has 1 fully saturated rings. The van der Waals surface area contributed by atoms with E-state index in [2.05, 4.69) is 4.98 Å². The lowest BCUT2D eigenvalue weighted by atomic mass is 9.99. The second-order valence-electron chi connectivity index (χ2n) is 4.54. The number of aliphatic hydroxyl groups is 3. The van der Waals surface area contributed by atoms with Crippen molar-refractivity contribution < 1.29 is 20.1 Å². The van der Waals surface area contributed by atoms with E-state index in [1.54, 1.807) is 0 Å². The van der Waals surface area contributed by atoms with Crippen LogP contribution >= 0.6 is 0 Å². The summed E-state index contributed by atoms with van der Waals surface area (Å²) in [6.07, 6.45) is -5.75. The topological polar surface area (TPSA) is 125 Å². The van der Waals surface area contributed by atoms with Crippen molar-refractivity contribution in [2.75, 3.05) is 0 Å². The zero-order chi connectivity index (χ0) is 13.0. The van der Waals surface area contributed by atoms with Gasteiger partial charge in [-0.25, -0.2) is 4.79 Å². The summed E-state index contributed by atoms with van der Waals surface area (Å²) in [6.45, 7) is 0. The summed E-state index contributed by atoms with van der Waals surface area (Å²) in [6, 6.07) is 1.17. The fraction of sp³-hybridized carbons (Fsp3) is 0.600. The molecule has 2 bridgehead atoms. The van der Waals surface area contributed by atoms with E-state index in [1.165, 1.54) is 6.07 Å². The van der Waals surface area contributed by atoms with Gasteiger partial charge in [-0.3, -0.25) is 14.3 Å². The second kappa shape index (κ2) is 3.75. The minimum atomic E-state index is -1.33. The number of nitrogens with one attached hydrogen (secondary N) is 1. The first-order chi connectivity index (χ1) is 8.49. The molecule has 0 radical (unpaired) electrons. The Hall–Kier alpha value is -1.48. The van der Waals surface area contributed by atoms with Gasteiger partial charge in [0.1, 0.15) is 18.3 Å². The highest BCUT2D eigenvalue weighted by molar-refractivity contribution is 5.11. The molecule has 18 heavy (non-hydrogen) atoms. The van der Waals surface area contributed by atoms with Gasteiger partial charge in [0.2, 0.25) is 0 Å². The van der Waals surface area contributed by atoms with Crippen LogP contribution in [-0.4, -0.2) is 49.3 Å². The number of rotatable bonds is 0. The summed E-state index contributed by atoms with van der Waals surface area (Å²) < 4.78 is 6.36. The molecule has 0 amide bonds. The van der Waals surface area contributed by atoms with E-state index >= 15 is 0 Å². The molecule has 0 aromatic carbocycles. The third-order valence-corrected chi connectivity index (χ3v) is 3.38. The molecule has 0 aliphatic carbocycles. The van der Waals surface area contributed by atoms with E-state index in [9.17, 15) is 24.9 Å². The van der Waals surface area contributed by atoms with Crippen molar-refractivity contribution in [3.05, 3.63) is 32.6 Å². The molecule has 4 N–H and O–H groups in total. The minimum Gasteiger partial charge on any atom is -0.390 e. The average Bonchev–Trinajstić information content (AvgIpc) is 2.49. The van der Waals surface area contributed by atoms with E-state index in [-0.39, 0.29) is 12.1 Å². The molecule has 0 saturated carbocycles. The Bertz CT molecular complexity index is 593. The van der Waals surface area contributed by atoms with Crippen LogP contribution in [-0.2, 0) is 11.2 Å². The molecule has 98 valence electrons. The number of hydrogen-bond acceptors (Lipinski definition) is 6. The van der Waals surface area contributed by atoms with Gasteiger partial charge in [0, 0.05) is 18.2 Å². The van der Waals surface area contributed by atoms with Crippen LogP contribution < -0.4 is 11.2 Å². The van der Waals surface area contributed by atoms with Gasteiger partial charge in [-0.1, -0.05) is 0 Å². The molecule has 8 nitrogen and oxygen atoms in total. The standard InChI is InChI=1S/C10H12N2O6/c13-4-1-3-2-5(14)11-10(17)12(3)9-7(16)6(15)8(4)18-9/h2,4,6-9,13,15-16H,1H2,(H,11,14,17)/t4-,6-,7+,8+,9+/m0/s1. The molecule has 2 aliphatic heterocycles. The largest absolute Gasteiger partial charge is 0.390 e. The fourth-order valence-corrected chi connectivity index (χ4v) is 2.54. The molecule has 2 aliphatic rings. The summed E-state index contributed by atoms with van der Waals surface area (Å²) >= 11 is 0. The Morgan fingerprint density at radius 1 is 1.28 bits per heavy atom. The number of aromatic amines is 1. The summed E-state index contributed by atoms with van der Waals surface area (Å²) in [5.41, 5.74) is -1.04. The van der Waals surface area contributed by atoms with E-state index < -0.39 is 41.9 Å². The zero-order valence-corrected chi connectivity index (χ0v) is 9.18. The lowest BCUT2D eigenvalue weighted by Crippen LogP contribution is -2.44. The smallest absolute Gasteiger partial charge is 0.330 e. The maximum absolute atomic E-state index is 11.7. The molecule has 1 aromatic heterocycles. The highest BCUT2D eigenvalue weighted by atomic mass is 16.6. The van der Waals surface area contributed by atoms with Crippen LogP contribution in [0.3, 0.4) is 0 Å². The van der Waals surface area contributed by atoms with Crippen molar-refractivity contribution in [3.8, 4) is 0 Å². The molecule has 5 atom stereocenters. The number of hydrogen-bond donors (Lipinski definition) is 4. The Balaban J connectivity index is 2.22. The van der Waals surface area contributed by atoms with Gasteiger partial charge in [0.25, 0.3) is 5.56 Å². The van der Waals surface area contributed by atoms with Gasteiger partial charge in [0.15, 0.2) is 6.23 Å². The van der Waals surface area contributed by atoms with E-state index in [4.69, 9.17) is 4.74 Å². The number of aliphatic hydroxyl groups excluding tert-OH is 3. The normalized spacial score (nSPS) is 38.3. The number of aromatic nitrogens is 2. The van der Waals surface area contributed by atoms with Crippen LogP contribution in [0.4, 0.5) is 0 Å². The van der Waals surface area contributed by atoms with Gasteiger partial charge in [0.05, 0.1) is 6.10 Å². The highest BCUT2D eigenvalue weighted by Gasteiger charge is 2.49. The predicted octanol–water partition coefficient (Wildman–Crippen LogP) is -2.93. The van der Waals surface area contributed by atoms with Crippen molar-refractivity contribution in [1.29, 1.82) is 0 Å². The van der Waals surface area contributed by atoms with Crippen LogP contribution in [0.25, 0.3) is 0 Å². The van der Waals surface area contributed by atoms with Gasteiger partial charge < -0.3 is 20.1 Å². The second-order valence-corrected chi connectivity index (χ2v) is 4.54. The van der Waals surface area contributed by atoms with Crippen molar-refractivity contribution >= 4 is 0 Å². The lowest BCUT2D eigenvalue weighted by Gasteiger charge is -2.22. The van der Waals surface area contributed by atoms with Gasteiger partial charge in [-0.2, -0.15) is 0 Å². The number of ether oxygens (including phenoxy) is 1. The average molecular weight is 256 g/mol. The first-order valence-corrected chi connectivity index (χ1v) is 5.53. The lowest BCUT2D eigenvalue weighted by molar-refractivity contribution is -0.0741. The fourth-order valence-electron chi connectivity index (χ4n) is 2.54. The molecule has 3 rings (SSSR count). The Morgan fingerprint density at radius 2 is 2.00 bits per heavy atom. The monoisotopic (exact) mass is 256 g/mol. The molecule has 3 heterocycles. The van der Waals surface area contributed by atoms with E-state index in [1.807, 2.05) is 0 Å². The molecule has 1 aromatic rings. The number of nitrogens with zero attached hydrogens (tertiary/aromatic N) is 1. The van der Waals surface area contributed by atoms with Crippen molar-refractivity contribution in [3.63, 3.8) is 0 Å². The van der Waals surface area contributed by atoms with Crippen LogP contribution in [0.15, 0.2) is 15.7 Å². The maximum atomic E-state index is 11.7. The third kappa shape index (κ3) is 1.47. The first kappa shape index (κ1) is 11.6. The van der Waals surface area contributed by atoms with Gasteiger partial charge >= 0.3 is 5.69 Å². The highest BCUT2D eigenvalue weighted by Crippen LogP contribution is 2.34. The Kier molecular flexibility index (Phi) is 2.42. The molecule has 0 spiro atoms. The SMILES string of the molecule is O=c1cc2n(c(=O)[nH]1)[C@@H]1O[C@@H]([C@@H](O)[C@H]1O)[C@@H](O)C2. The van der Waals surface area contributed by atoms with Crippen molar-refractivity contribution in [2.24, 2.45) is 0 Å². The van der Waals surface area contributed by atoms with Crippen LogP contribution in [0.2, 0.25) is 0 Å². The molecule has 8 heteroatoms. The molecular formula is C10H12N2O6. The third-order valence-electron chi connectivity index (χ3n) is 3.38. The summed E-state index contributed by atoms with van der Waals surface area (Å²) in [5.74, 6) is 0. The van der Waals surface area contributed by atoms with E-state index in [0.29, 0.717) is 0 Å². The molecule has 1 saturated heterocycles. The summed E-state index contributed by atoms with van der Waals surface area (Å²) in [5, 5.41) is 29.4. The van der Waals surface area contributed by atoms with Gasteiger partial charge in [-0.05, 0) is 0 Å². The Labute approximate surface area is 100 Å². The number of fused-ring (bicyclic) bond motifs is 4. The van der Waals surface area contributed by atoms with Crippen molar-refractivity contribution in [2.45, 2.75) is 37.1 Å². The first-order valence-electron chi connectivity index (χ1n) is 5.53. The number of H-pyrrole nitrogens is 1. The minimum absolute atomic E-state index is 0.00407. The molecular weight excluding hydrogens is 244 g/mol. The quantitative estimate of drug-likeness (QED) is 0.394. The molecule has 0 unspecified atom stereocenters.